The van der Waals surface area contributed by atoms with Gasteiger partial charge in [-0.25, -0.2) is 0 Å². The molecule has 1 heterocycles. The van der Waals surface area contributed by atoms with Gasteiger partial charge in [0.15, 0.2) is 0 Å². The minimum Gasteiger partial charge on any atom is -0.388 e. The van der Waals surface area contributed by atoms with E-state index in [4.69, 9.17) is 0 Å². The predicted molar refractivity (Wildman–Crippen MR) is 129 cm³/mol. The van der Waals surface area contributed by atoms with Gasteiger partial charge in [-0.3, -0.25) is 4.79 Å². The van der Waals surface area contributed by atoms with Crippen LogP contribution in [0.4, 0.5) is 0 Å². The summed E-state index contributed by atoms with van der Waals surface area (Å²) in [5, 5.41) is 37.0. The highest BCUT2D eigenvalue weighted by molar-refractivity contribution is 5.89. The fraction of sp³-hybridized carbons (Fsp3) is 0.536. The smallest absolute Gasteiger partial charge is 0.230 e. The molecular weight excluding hydrogens is 414 g/mol. The maximum Gasteiger partial charge on any atom is 0.230 e. The Bertz CT molecular complexity index is 979. The lowest BCUT2D eigenvalue weighted by molar-refractivity contribution is -0.141. The van der Waals surface area contributed by atoms with E-state index in [0.29, 0.717) is 12.8 Å². The van der Waals surface area contributed by atoms with E-state index in [1.54, 1.807) is 19.1 Å². The molecule has 1 aliphatic heterocycles. The first kappa shape index (κ1) is 23.9. The van der Waals surface area contributed by atoms with Crippen LogP contribution in [-0.2, 0) is 11.2 Å². The number of rotatable bonds is 2. The first-order valence-electron chi connectivity index (χ1n) is 12.0. The Morgan fingerprint density at radius 1 is 1.09 bits per heavy atom. The number of aliphatic hydroxyl groups is 3. The van der Waals surface area contributed by atoms with E-state index >= 15 is 0 Å². The maximum atomic E-state index is 13.8. The molecule has 0 radical (unpaired) electrons. The Balaban J connectivity index is 1.87. The van der Waals surface area contributed by atoms with Gasteiger partial charge in [0.05, 0.1) is 23.2 Å². The lowest BCUT2D eigenvalue weighted by Crippen LogP contribution is -2.57. The fourth-order valence-corrected chi connectivity index (χ4v) is 6.47. The summed E-state index contributed by atoms with van der Waals surface area (Å²) < 4.78 is 0. The molecule has 3 aliphatic rings. The van der Waals surface area contributed by atoms with Crippen molar-refractivity contribution in [3.63, 3.8) is 0 Å². The van der Waals surface area contributed by atoms with Crippen LogP contribution in [0.15, 0.2) is 65.8 Å². The number of carbonyl (C=O) groups is 1. The molecule has 1 aromatic rings. The van der Waals surface area contributed by atoms with Crippen molar-refractivity contribution in [3.05, 3.63) is 71.3 Å². The summed E-state index contributed by atoms with van der Waals surface area (Å²) >= 11 is 0. The Morgan fingerprint density at radius 2 is 1.79 bits per heavy atom. The maximum absolute atomic E-state index is 13.8. The van der Waals surface area contributed by atoms with E-state index in [0.717, 1.165) is 23.1 Å². The Labute approximate surface area is 196 Å². The van der Waals surface area contributed by atoms with E-state index in [-0.39, 0.29) is 23.8 Å². The summed E-state index contributed by atoms with van der Waals surface area (Å²) in [6, 6.07) is 9.83. The van der Waals surface area contributed by atoms with Gasteiger partial charge in [0.1, 0.15) is 0 Å². The number of nitrogens with one attached hydrogen (secondary N) is 1. The molecule has 1 fully saturated rings. The van der Waals surface area contributed by atoms with Crippen LogP contribution < -0.4 is 5.32 Å². The van der Waals surface area contributed by atoms with Crippen molar-refractivity contribution in [2.45, 2.75) is 70.8 Å². The molecule has 0 bridgehead atoms. The van der Waals surface area contributed by atoms with Gasteiger partial charge in [0.25, 0.3) is 0 Å². The monoisotopic (exact) mass is 451 g/mol. The molecule has 4 rings (SSSR count). The summed E-state index contributed by atoms with van der Waals surface area (Å²) in [6.07, 6.45) is 7.05. The van der Waals surface area contributed by atoms with Crippen molar-refractivity contribution < 1.29 is 20.1 Å². The largest absolute Gasteiger partial charge is 0.388 e. The highest BCUT2D eigenvalue weighted by Gasteiger charge is 2.65. The summed E-state index contributed by atoms with van der Waals surface area (Å²) in [5.41, 5.74) is 0.591. The molecule has 1 unspecified atom stereocenters. The third-order valence-electron chi connectivity index (χ3n) is 8.12. The van der Waals surface area contributed by atoms with Gasteiger partial charge in [-0.15, -0.1) is 0 Å². The van der Waals surface area contributed by atoms with Crippen LogP contribution in [-0.4, -0.2) is 45.1 Å². The number of amides is 1. The average Bonchev–Trinajstić information content (AvgIpc) is 3.04. The minimum absolute atomic E-state index is 0.203. The second kappa shape index (κ2) is 8.86. The SMILES string of the molecule is CC1=C(C)[C@H]2[C@H](Cc3ccccc3)NC(=O)C23[C@H](O)/C=C/[C@](C)(O)C[C@@H](C)C/C=C/[C@H]3[C@@H]1O. The van der Waals surface area contributed by atoms with Crippen molar-refractivity contribution in [2.75, 3.05) is 0 Å². The molecule has 1 saturated heterocycles. The quantitative estimate of drug-likeness (QED) is 0.520. The van der Waals surface area contributed by atoms with Crippen LogP contribution in [0.5, 0.6) is 0 Å². The van der Waals surface area contributed by atoms with E-state index in [1.165, 1.54) is 0 Å². The van der Waals surface area contributed by atoms with E-state index in [1.807, 2.05) is 56.3 Å². The second-order valence-electron chi connectivity index (χ2n) is 10.7. The van der Waals surface area contributed by atoms with Crippen LogP contribution in [0, 0.1) is 23.2 Å². The van der Waals surface area contributed by atoms with Crippen LogP contribution in [0.2, 0.25) is 0 Å². The fourth-order valence-electron chi connectivity index (χ4n) is 6.47. The zero-order valence-electron chi connectivity index (χ0n) is 20.0. The molecule has 5 heteroatoms. The highest BCUT2D eigenvalue weighted by Crippen LogP contribution is 2.56. The molecule has 8 atom stereocenters. The van der Waals surface area contributed by atoms with Crippen molar-refractivity contribution in [1.82, 2.24) is 5.32 Å². The molecular formula is C28H37NO4. The Morgan fingerprint density at radius 3 is 2.48 bits per heavy atom. The molecule has 178 valence electrons. The van der Waals surface area contributed by atoms with Gasteiger partial charge in [-0.1, -0.05) is 67.1 Å². The third kappa shape index (κ3) is 4.11. The van der Waals surface area contributed by atoms with E-state index in [9.17, 15) is 20.1 Å². The van der Waals surface area contributed by atoms with Gasteiger partial charge in [-0.05, 0) is 57.1 Å². The Hall–Kier alpha value is -2.21. The van der Waals surface area contributed by atoms with Gasteiger partial charge in [0, 0.05) is 17.9 Å². The molecule has 4 N–H and O–H groups in total. The van der Waals surface area contributed by atoms with E-state index in [2.05, 4.69) is 12.2 Å². The first-order valence-corrected chi connectivity index (χ1v) is 12.0. The van der Waals surface area contributed by atoms with Crippen molar-refractivity contribution >= 4 is 5.91 Å². The molecule has 1 amide bonds. The molecule has 1 spiro atoms. The van der Waals surface area contributed by atoms with Crippen LogP contribution in [0.3, 0.4) is 0 Å². The van der Waals surface area contributed by atoms with Crippen LogP contribution >= 0.6 is 0 Å². The van der Waals surface area contributed by atoms with E-state index < -0.39 is 29.1 Å². The first-order chi connectivity index (χ1) is 15.6. The molecule has 0 saturated carbocycles. The minimum atomic E-state index is -1.25. The summed E-state index contributed by atoms with van der Waals surface area (Å²) in [4.78, 5) is 13.8. The zero-order chi connectivity index (χ0) is 24.0. The number of carbonyl (C=O) groups excluding carboxylic acids is 1. The number of hydrogen-bond acceptors (Lipinski definition) is 4. The molecule has 5 nitrogen and oxygen atoms in total. The van der Waals surface area contributed by atoms with Crippen LogP contribution in [0.1, 0.15) is 46.1 Å². The van der Waals surface area contributed by atoms with Gasteiger partial charge < -0.3 is 20.6 Å². The molecule has 33 heavy (non-hydrogen) atoms. The molecule has 0 aromatic heterocycles. The third-order valence-corrected chi connectivity index (χ3v) is 8.12. The highest BCUT2D eigenvalue weighted by atomic mass is 16.3. The predicted octanol–water partition coefficient (Wildman–Crippen LogP) is 3.31. The number of hydrogen-bond donors (Lipinski definition) is 4. The summed E-state index contributed by atoms with van der Waals surface area (Å²) in [6.45, 7) is 7.72. The number of allylic oxidation sites excluding steroid dienone is 1. The zero-order valence-corrected chi connectivity index (χ0v) is 20.0. The number of benzene rings is 1. The van der Waals surface area contributed by atoms with Crippen LogP contribution in [0.25, 0.3) is 0 Å². The lowest BCUT2D eigenvalue weighted by Gasteiger charge is -2.49. The standard InChI is InChI=1S/C28H37NO4/c1-17-9-8-12-21-25(31)19(3)18(2)24-22(15-20-10-6-5-7-11-20)29-26(32)28(21,24)23(30)13-14-27(4,33)16-17/h5-8,10-14,17,21-25,30-31,33H,9,15-16H2,1-4H3,(H,29,32)/b12-8+,14-13+/t17-,21-,22-,23+,24-,25+,27-,28?/m0/s1. The van der Waals surface area contributed by atoms with Crippen molar-refractivity contribution in [2.24, 2.45) is 23.2 Å². The van der Waals surface area contributed by atoms with Crippen molar-refractivity contribution in [1.29, 1.82) is 0 Å². The molecule has 1 aromatic carbocycles. The lowest BCUT2D eigenvalue weighted by atomic mass is 9.54. The topological polar surface area (TPSA) is 89.8 Å². The number of aliphatic hydroxyl groups excluding tert-OH is 2. The normalized spacial score (nSPS) is 43.2. The van der Waals surface area contributed by atoms with Gasteiger partial charge in [-0.2, -0.15) is 0 Å². The second-order valence-corrected chi connectivity index (χ2v) is 10.7. The van der Waals surface area contributed by atoms with Gasteiger partial charge in [0.2, 0.25) is 5.91 Å². The van der Waals surface area contributed by atoms with Gasteiger partial charge >= 0.3 is 0 Å². The average molecular weight is 452 g/mol. The Kier molecular flexibility index (Phi) is 6.43. The summed E-state index contributed by atoms with van der Waals surface area (Å²) in [7, 11) is 0. The molecule has 2 aliphatic carbocycles. The summed E-state index contributed by atoms with van der Waals surface area (Å²) in [5.74, 6) is -0.879. The van der Waals surface area contributed by atoms with Crippen molar-refractivity contribution in [3.8, 4) is 0 Å².